The van der Waals surface area contributed by atoms with E-state index in [4.69, 9.17) is 10.5 Å². The first-order valence-corrected chi connectivity index (χ1v) is 6.53. The lowest BCUT2D eigenvalue weighted by Gasteiger charge is -2.27. The van der Waals surface area contributed by atoms with Gasteiger partial charge in [0, 0.05) is 43.8 Å². The van der Waals surface area contributed by atoms with Crippen LogP contribution in [0.2, 0.25) is 0 Å². The summed E-state index contributed by atoms with van der Waals surface area (Å²) < 4.78 is 5.07. The zero-order valence-electron chi connectivity index (χ0n) is 11.9. The molecule has 0 amide bonds. The molecule has 0 radical (unpaired) electrons. The second kappa shape index (κ2) is 6.98. The summed E-state index contributed by atoms with van der Waals surface area (Å²) >= 11 is 0. The van der Waals surface area contributed by atoms with Crippen molar-refractivity contribution in [2.75, 3.05) is 20.7 Å². The Morgan fingerprint density at radius 2 is 2.15 bits per heavy atom. The lowest BCUT2D eigenvalue weighted by molar-refractivity contribution is 0.241. The first-order valence-electron chi connectivity index (χ1n) is 6.53. The SMILES string of the molecule is COc1ccc(C(CN)N(C)Cc2cccnc2)cn1. The van der Waals surface area contributed by atoms with E-state index in [9.17, 15) is 0 Å². The molecular formula is C15H20N4O. The molecule has 0 aromatic carbocycles. The van der Waals surface area contributed by atoms with Crippen LogP contribution in [0.5, 0.6) is 5.88 Å². The van der Waals surface area contributed by atoms with E-state index in [1.54, 1.807) is 13.3 Å². The number of methoxy groups -OCH3 is 1. The maximum absolute atomic E-state index is 5.91. The Hall–Kier alpha value is -1.98. The summed E-state index contributed by atoms with van der Waals surface area (Å²) in [5.74, 6) is 0.611. The highest BCUT2D eigenvalue weighted by Crippen LogP contribution is 2.20. The predicted octanol–water partition coefficient (Wildman–Crippen LogP) is 1.62. The van der Waals surface area contributed by atoms with Crippen molar-refractivity contribution in [1.82, 2.24) is 14.9 Å². The monoisotopic (exact) mass is 272 g/mol. The van der Waals surface area contributed by atoms with E-state index in [2.05, 4.69) is 28.0 Å². The summed E-state index contributed by atoms with van der Waals surface area (Å²) in [5.41, 5.74) is 8.16. The van der Waals surface area contributed by atoms with E-state index in [1.165, 1.54) is 0 Å². The molecule has 20 heavy (non-hydrogen) atoms. The van der Waals surface area contributed by atoms with Crippen molar-refractivity contribution in [3.8, 4) is 5.88 Å². The summed E-state index contributed by atoms with van der Waals surface area (Å²) in [6.07, 6.45) is 5.46. The van der Waals surface area contributed by atoms with Gasteiger partial charge < -0.3 is 10.5 Å². The van der Waals surface area contributed by atoms with E-state index in [-0.39, 0.29) is 6.04 Å². The van der Waals surface area contributed by atoms with Crippen LogP contribution in [-0.2, 0) is 6.54 Å². The Morgan fingerprint density at radius 1 is 1.30 bits per heavy atom. The fourth-order valence-corrected chi connectivity index (χ4v) is 2.17. The fraction of sp³-hybridized carbons (Fsp3) is 0.333. The van der Waals surface area contributed by atoms with Gasteiger partial charge in [0.15, 0.2) is 0 Å². The van der Waals surface area contributed by atoms with Crippen molar-refractivity contribution in [1.29, 1.82) is 0 Å². The molecule has 1 atom stereocenters. The molecule has 2 aromatic rings. The predicted molar refractivity (Wildman–Crippen MR) is 78.3 cm³/mol. The second-order valence-corrected chi connectivity index (χ2v) is 4.66. The average molecular weight is 272 g/mol. The Morgan fingerprint density at radius 3 is 2.70 bits per heavy atom. The molecule has 5 nitrogen and oxygen atoms in total. The van der Waals surface area contributed by atoms with Crippen molar-refractivity contribution in [3.05, 3.63) is 54.0 Å². The van der Waals surface area contributed by atoms with E-state index >= 15 is 0 Å². The third-order valence-corrected chi connectivity index (χ3v) is 3.26. The van der Waals surface area contributed by atoms with Crippen LogP contribution in [0.3, 0.4) is 0 Å². The Kier molecular flexibility index (Phi) is 5.03. The maximum Gasteiger partial charge on any atom is 0.212 e. The van der Waals surface area contributed by atoms with E-state index in [1.807, 2.05) is 30.6 Å². The molecule has 0 spiro atoms. The van der Waals surface area contributed by atoms with E-state index < -0.39 is 0 Å². The van der Waals surface area contributed by atoms with Crippen LogP contribution in [0.25, 0.3) is 0 Å². The van der Waals surface area contributed by atoms with Crippen molar-refractivity contribution in [2.24, 2.45) is 5.73 Å². The molecule has 0 saturated carbocycles. The summed E-state index contributed by atoms with van der Waals surface area (Å²) in [4.78, 5) is 10.6. The number of hydrogen-bond acceptors (Lipinski definition) is 5. The van der Waals surface area contributed by atoms with Gasteiger partial charge in [0.1, 0.15) is 0 Å². The Bertz CT molecular complexity index is 515. The second-order valence-electron chi connectivity index (χ2n) is 4.66. The van der Waals surface area contributed by atoms with Gasteiger partial charge in [-0.1, -0.05) is 12.1 Å². The number of nitrogens with two attached hydrogens (primary N) is 1. The molecule has 0 aliphatic rings. The molecule has 1 unspecified atom stereocenters. The molecule has 0 bridgehead atoms. The molecule has 2 heterocycles. The van der Waals surface area contributed by atoms with Crippen LogP contribution in [0.4, 0.5) is 0 Å². The number of aromatic nitrogens is 2. The minimum Gasteiger partial charge on any atom is -0.481 e. The lowest BCUT2D eigenvalue weighted by Crippen LogP contribution is -2.30. The van der Waals surface area contributed by atoms with Gasteiger partial charge in [-0.2, -0.15) is 0 Å². The Labute approximate surface area is 119 Å². The molecule has 5 heteroatoms. The number of pyridine rings is 2. The highest BCUT2D eigenvalue weighted by Gasteiger charge is 2.16. The quantitative estimate of drug-likeness (QED) is 0.865. The summed E-state index contributed by atoms with van der Waals surface area (Å²) in [6, 6.07) is 7.98. The van der Waals surface area contributed by atoms with Crippen LogP contribution in [0.15, 0.2) is 42.9 Å². The summed E-state index contributed by atoms with van der Waals surface area (Å²) in [5, 5.41) is 0. The zero-order chi connectivity index (χ0) is 14.4. The van der Waals surface area contributed by atoms with Crippen LogP contribution in [-0.4, -0.2) is 35.6 Å². The van der Waals surface area contributed by atoms with Gasteiger partial charge in [-0.05, 0) is 24.2 Å². The van der Waals surface area contributed by atoms with Gasteiger partial charge in [0.25, 0.3) is 0 Å². The van der Waals surface area contributed by atoms with Crippen molar-refractivity contribution in [2.45, 2.75) is 12.6 Å². The van der Waals surface area contributed by atoms with Crippen LogP contribution in [0, 0.1) is 0 Å². The van der Waals surface area contributed by atoms with E-state index in [0.29, 0.717) is 12.4 Å². The molecule has 0 aliphatic heterocycles. The average Bonchev–Trinajstić information content (AvgIpc) is 2.49. The molecule has 106 valence electrons. The third-order valence-electron chi connectivity index (χ3n) is 3.26. The van der Waals surface area contributed by atoms with Crippen LogP contribution < -0.4 is 10.5 Å². The molecule has 2 N–H and O–H groups in total. The van der Waals surface area contributed by atoms with Crippen molar-refractivity contribution in [3.63, 3.8) is 0 Å². The van der Waals surface area contributed by atoms with Crippen LogP contribution >= 0.6 is 0 Å². The Balaban J connectivity index is 2.10. The molecule has 0 aliphatic carbocycles. The number of rotatable bonds is 6. The van der Waals surface area contributed by atoms with Gasteiger partial charge in [0.2, 0.25) is 5.88 Å². The van der Waals surface area contributed by atoms with Crippen molar-refractivity contribution < 1.29 is 4.74 Å². The van der Waals surface area contributed by atoms with Crippen molar-refractivity contribution >= 4 is 0 Å². The van der Waals surface area contributed by atoms with Gasteiger partial charge in [0.05, 0.1) is 7.11 Å². The highest BCUT2D eigenvalue weighted by atomic mass is 16.5. The topological polar surface area (TPSA) is 64.3 Å². The first-order chi connectivity index (χ1) is 9.74. The van der Waals surface area contributed by atoms with E-state index in [0.717, 1.165) is 17.7 Å². The molecule has 0 saturated heterocycles. The maximum atomic E-state index is 5.91. The zero-order valence-corrected chi connectivity index (χ0v) is 11.9. The first kappa shape index (κ1) is 14.4. The standard InChI is InChI=1S/C15H20N4O/c1-19(11-12-4-3-7-17-9-12)14(8-16)13-5-6-15(20-2)18-10-13/h3-7,9-10,14H,8,11,16H2,1-2H3. The van der Waals surface area contributed by atoms with Gasteiger partial charge in [-0.3, -0.25) is 9.88 Å². The minimum absolute atomic E-state index is 0.119. The number of likely N-dealkylation sites (N-methyl/N-ethyl adjacent to an activating group) is 1. The summed E-state index contributed by atoms with van der Waals surface area (Å²) in [7, 11) is 3.66. The highest BCUT2D eigenvalue weighted by molar-refractivity contribution is 5.21. The lowest BCUT2D eigenvalue weighted by atomic mass is 10.1. The molecule has 2 rings (SSSR count). The van der Waals surface area contributed by atoms with Gasteiger partial charge in [-0.15, -0.1) is 0 Å². The molecule has 2 aromatic heterocycles. The largest absolute Gasteiger partial charge is 0.481 e. The number of nitrogens with zero attached hydrogens (tertiary/aromatic N) is 3. The fourth-order valence-electron chi connectivity index (χ4n) is 2.17. The van der Waals surface area contributed by atoms with Crippen LogP contribution in [0.1, 0.15) is 17.2 Å². The minimum atomic E-state index is 0.119. The number of hydrogen-bond donors (Lipinski definition) is 1. The molecular weight excluding hydrogens is 252 g/mol. The third kappa shape index (κ3) is 3.53. The normalized spacial score (nSPS) is 12.4. The smallest absolute Gasteiger partial charge is 0.212 e. The summed E-state index contributed by atoms with van der Waals surface area (Å²) in [6.45, 7) is 1.33. The van der Waals surface area contributed by atoms with Gasteiger partial charge in [-0.25, -0.2) is 4.98 Å². The molecule has 0 fully saturated rings. The van der Waals surface area contributed by atoms with Gasteiger partial charge >= 0.3 is 0 Å². The number of ether oxygens (including phenoxy) is 1.